The minimum absolute atomic E-state index is 0.0658. The van der Waals surface area contributed by atoms with Crippen molar-refractivity contribution in [3.05, 3.63) is 17.7 Å². The van der Waals surface area contributed by atoms with Crippen LogP contribution in [0.3, 0.4) is 0 Å². The Bertz CT molecular complexity index is 547. The average Bonchev–Trinajstić information content (AvgIpc) is 2.60. The molecule has 2 rings (SSSR count). The van der Waals surface area contributed by atoms with E-state index in [0.717, 1.165) is 18.5 Å². The number of nitrogen functional groups attached to an aromatic ring is 1. The van der Waals surface area contributed by atoms with Gasteiger partial charge >= 0.3 is 5.97 Å². The third-order valence-electron chi connectivity index (χ3n) is 2.35. The van der Waals surface area contributed by atoms with Crippen molar-refractivity contribution < 1.29 is 9.90 Å². The molecule has 16 heavy (non-hydrogen) atoms. The quantitative estimate of drug-likeness (QED) is 0.756. The normalized spacial score (nSPS) is 10.8. The largest absolute Gasteiger partial charge is 0.478 e. The van der Waals surface area contributed by atoms with Crippen LogP contribution in [0, 0.1) is 0 Å². The van der Waals surface area contributed by atoms with E-state index in [0.29, 0.717) is 5.52 Å². The average molecular weight is 220 g/mol. The Kier molecular flexibility index (Phi) is 2.47. The Morgan fingerprint density at radius 2 is 2.31 bits per heavy atom. The van der Waals surface area contributed by atoms with Crippen LogP contribution in [0.2, 0.25) is 0 Å². The van der Waals surface area contributed by atoms with Crippen LogP contribution in [0.5, 0.6) is 0 Å². The maximum atomic E-state index is 10.9. The van der Waals surface area contributed by atoms with E-state index in [9.17, 15) is 4.79 Å². The van der Waals surface area contributed by atoms with Crippen molar-refractivity contribution in [1.29, 1.82) is 0 Å². The molecule has 0 fully saturated rings. The molecule has 0 saturated heterocycles. The topological polar surface area (TPSA) is 94.0 Å². The number of carboxylic acid groups (broad SMARTS) is 1. The highest BCUT2D eigenvalue weighted by molar-refractivity contribution is 5.98. The standard InChI is InChI=1S/C10H12N4O2/c1-2-3-14-9-5-7(11)6(10(15)16)4-8(9)12-13-14/h4-5H,2-3,11H2,1H3,(H,15,16). The smallest absolute Gasteiger partial charge is 0.337 e. The van der Waals surface area contributed by atoms with E-state index in [2.05, 4.69) is 10.3 Å². The number of rotatable bonds is 3. The van der Waals surface area contributed by atoms with E-state index >= 15 is 0 Å². The lowest BCUT2D eigenvalue weighted by molar-refractivity contribution is 0.0698. The first-order chi connectivity index (χ1) is 7.63. The molecule has 1 aromatic heterocycles. The lowest BCUT2D eigenvalue weighted by Gasteiger charge is -2.02. The molecule has 0 saturated carbocycles. The van der Waals surface area contributed by atoms with Gasteiger partial charge in [-0.05, 0) is 18.6 Å². The third kappa shape index (κ3) is 1.58. The highest BCUT2D eigenvalue weighted by atomic mass is 16.4. The second-order valence-corrected chi connectivity index (χ2v) is 3.55. The van der Waals surface area contributed by atoms with Crippen LogP contribution in [-0.4, -0.2) is 26.1 Å². The van der Waals surface area contributed by atoms with Crippen molar-refractivity contribution in [2.24, 2.45) is 0 Å². The second kappa shape index (κ2) is 3.80. The van der Waals surface area contributed by atoms with Crippen molar-refractivity contribution in [3.63, 3.8) is 0 Å². The number of carbonyl (C=O) groups is 1. The van der Waals surface area contributed by atoms with Crippen molar-refractivity contribution in [2.75, 3.05) is 5.73 Å². The summed E-state index contributed by atoms with van der Waals surface area (Å²) in [6.45, 7) is 2.77. The molecule has 0 atom stereocenters. The molecule has 84 valence electrons. The first-order valence-corrected chi connectivity index (χ1v) is 4.99. The Balaban J connectivity index is 2.61. The van der Waals surface area contributed by atoms with Gasteiger partial charge in [-0.1, -0.05) is 12.1 Å². The maximum Gasteiger partial charge on any atom is 0.337 e. The van der Waals surface area contributed by atoms with E-state index in [1.165, 1.54) is 6.07 Å². The molecule has 6 heteroatoms. The predicted octanol–water partition coefficient (Wildman–Crippen LogP) is 1.12. The summed E-state index contributed by atoms with van der Waals surface area (Å²) in [5, 5.41) is 16.8. The van der Waals surface area contributed by atoms with E-state index in [1.54, 1.807) is 10.7 Å². The van der Waals surface area contributed by atoms with Gasteiger partial charge in [0.15, 0.2) is 0 Å². The zero-order chi connectivity index (χ0) is 11.7. The molecule has 0 bridgehead atoms. The Hall–Kier alpha value is -2.11. The van der Waals surface area contributed by atoms with Crippen molar-refractivity contribution in [1.82, 2.24) is 15.0 Å². The maximum absolute atomic E-state index is 10.9. The number of benzene rings is 1. The number of nitrogens with zero attached hydrogens (tertiary/aromatic N) is 3. The molecular weight excluding hydrogens is 208 g/mol. The highest BCUT2D eigenvalue weighted by Gasteiger charge is 2.12. The van der Waals surface area contributed by atoms with Gasteiger partial charge in [0.05, 0.1) is 11.1 Å². The third-order valence-corrected chi connectivity index (χ3v) is 2.35. The minimum Gasteiger partial charge on any atom is -0.478 e. The fraction of sp³-hybridized carbons (Fsp3) is 0.300. The summed E-state index contributed by atoms with van der Waals surface area (Å²) in [5.74, 6) is -1.05. The fourth-order valence-corrected chi connectivity index (χ4v) is 1.59. The number of fused-ring (bicyclic) bond motifs is 1. The van der Waals surface area contributed by atoms with E-state index in [1.807, 2.05) is 6.92 Å². The number of aryl methyl sites for hydroxylation is 1. The Morgan fingerprint density at radius 3 is 2.94 bits per heavy atom. The van der Waals surface area contributed by atoms with E-state index in [-0.39, 0.29) is 11.3 Å². The molecule has 0 aliphatic heterocycles. The first kappa shape index (κ1) is 10.4. The van der Waals surface area contributed by atoms with Gasteiger partial charge in [0.1, 0.15) is 5.52 Å². The van der Waals surface area contributed by atoms with Crippen molar-refractivity contribution in [3.8, 4) is 0 Å². The minimum atomic E-state index is -1.05. The molecule has 0 radical (unpaired) electrons. The van der Waals surface area contributed by atoms with Crippen molar-refractivity contribution >= 4 is 22.7 Å². The second-order valence-electron chi connectivity index (χ2n) is 3.55. The summed E-state index contributed by atoms with van der Waals surface area (Å²) < 4.78 is 1.72. The lowest BCUT2D eigenvalue weighted by atomic mass is 10.1. The fourth-order valence-electron chi connectivity index (χ4n) is 1.59. The molecule has 0 aliphatic rings. The van der Waals surface area contributed by atoms with Crippen LogP contribution < -0.4 is 5.73 Å². The molecule has 2 aromatic rings. The molecule has 1 aromatic carbocycles. The number of anilines is 1. The summed E-state index contributed by atoms with van der Waals surface area (Å²) in [6, 6.07) is 3.06. The molecule has 3 N–H and O–H groups in total. The monoisotopic (exact) mass is 220 g/mol. The molecule has 1 heterocycles. The highest BCUT2D eigenvalue weighted by Crippen LogP contribution is 2.20. The van der Waals surface area contributed by atoms with Gasteiger partial charge in [-0.25, -0.2) is 9.48 Å². The van der Waals surface area contributed by atoms with Gasteiger partial charge < -0.3 is 10.8 Å². The van der Waals surface area contributed by atoms with E-state index in [4.69, 9.17) is 10.8 Å². The van der Waals surface area contributed by atoms with E-state index < -0.39 is 5.97 Å². The van der Waals surface area contributed by atoms with Crippen LogP contribution in [-0.2, 0) is 6.54 Å². The van der Waals surface area contributed by atoms with Crippen LogP contribution in [0.4, 0.5) is 5.69 Å². The number of hydrogen-bond donors (Lipinski definition) is 2. The van der Waals surface area contributed by atoms with Crippen LogP contribution in [0.1, 0.15) is 23.7 Å². The molecule has 0 spiro atoms. The summed E-state index contributed by atoms with van der Waals surface area (Å²) in [7, 11) is 0. The number of aromatic carboxylic acids is 1. The Morgan fingerprint density at radius 1 is 1.56 bits per heavy atom. The lowest BCUT2D eigenvalue weighted by Crippen LogP contribution is -2.03. The van der Waals surface area contributed by atoms with Crippen LogP contribution in [0.15, 0.2) is 12.1 Å². The van der Waals surface area contributed by atoms with Crippen LogP contribution in [0.25, 0.3) is 11.0 Å². The molecule has 6 nitrogen and oxygen atoms in total. The summed E-state index contributed by atoms with van der Waals surface area (Å²) in [5.41, 5.74) is 7.29. The number of hydrogen-bond acceptors (Lipinski definition) is 4. The first-order valence-electron chi connectivity index (χ1n) is 4.99. The number of aromatic nitrogens is 3. The van der Waals surface area contributed by atoms with Gasteiger partial charge in [0.2, 0.25) is 0 Å². The van der Waals surface area contributed by atoms with Gasteiger partial charge in [-0.3, -0.25) is 0 Å². The zero-order valence-electron chi connectivity index (χ0n) is 8.84. The van der Waals surface area contributed by atoms with Gasteiger partial charge in [0.25, 0.3) is 0 Å². The molecule has 0 amide bonds. The summed E-state index contributed by atoms with van der Waals surface area (Å²) in [6.07, 6.45) is 0.930. The SMILES string of the molecule is CCCn1nnc2cc(C(=O)O)c(N)cc21. The van der Waals surface area contributed by atoms with Crippen molar-refractivity contribution in [2.45, 2.75) is 19.9 Å². The van der Waals surface area contributed by atoms with Gasteiger partial charge in [0, 0.05) is 12.2 Å². The van der Waals surface area contributed by atoms with Gasteiger partial charge in [-0.2, -0.15) is 0 Å². The van der Waals surface area contributed by atoms with Gasteiger partial charge in [-0.15, -0.1) is 5.10 Å². The summed E-state index contributed by atoms with van der Waals surface area (Å²) in [4.78, 5) is 10.9. The number of nitrogens with two attached hydrogens (primary N) is 1. The number of carboxylic acids is 1. The molecule has 0 unspecified atom stereocenters. The molecule has 0 aliphatic carbocycles. The van der Waals surface area contributed by atoms with Crippen LogP contribution >= 0.6 is 0 Å². The molecular formula is C10H12N4O2. The predicted molar refractivity (Wildman–Crippen MR) is 59.2 cm³/mol. The Labute approximate surface area is 91.7 Å². The zero-order valence-corrected chi connectivity index (χ0v) is 8.84. The summed E-state index contributed by atoms with van der Waals surface area (Å²) >= 11 is 0.